The summed E-state index contributed by atoms with van der Waals surface area (Å²) in [6.45, 7) is 1.84. The van der Waals surface area contributed by atoms with Gasteiger partial charge < -0.3 is 10.2 Å². The maximum Gasteiger partial charge on any atom is 0.300 e. The Morgan fingerprint density at radius 3 is 2.41 bits per heavy atom. The summed E-state index contributed by atoms with van der Waals surface area (Å²) in [4.78, 5) is 31.3. The second kappa shape index (κ2) is 7.24. The summed E-state index contributed by atoms with van der Waals surface area (Å²) in [5.74, 6) is -1.80. The Labute approximate surface area is 167 Å². The standard InChI is InChI=1S/C23H18N2O4/c1-14-5-2-3-8-18(14)25-20(16-6-4-7-17(26)13-16)19(22(28)23(25)29)21(27)15-9-11-24-12-10-15/h2-13,20,26-27H,1H3/b21-19-. The number of para-hydroxylation sites is 1. The molecule has 3 aromatic rings. The van der Waals surface area contributed by atoms with E-state index in [0.29, 0.717) is 16.8 Å². The van der Waals surface area contributed by atoms with Crippen LogP contribution in [0.1, 0.15) is 22.7 Å². The highest BCUT2D eigenvalue weighted by atomic mass is 16.3. The zero-order valence-corrected chi connectivity index (χ0v) is 15.6. The number of carbonyl (C=O) groups excluding carboxylic acids is 2. The highest BCUT2D eigenvalue weighted by molar-refractivity contribution is 6.51. The van der Waals surface area contributed by atoms with Gasteiger partial charge in [-0.3, -0.25) is 19.5 Å². The van der Waals surface area contributed by atoms with Crippen molar-refractivity contribution in [3.05, 3.63) is 95.3 Å². The third-order valence-electron chi connectivity index (χ3n) is 4.96. The van der Waals surface area contributed by atoms with E-state index in [-0.39, 0.29) is 17.1 Å². The molecular formula is C23H18N2O4. The smallest absolute Gasteiger partial charge is 0.300 e. The molecule has 1 fully saturated rings. The first-order valence-electron chi connectivity index (χ1n) is 9.05. The van der Waals surface area contributed by atoms with Crippen LogP contribution in [0.4, 0.5) is 5.69 Å². The lowest BCUT2D eigenvalue weighted by Gasteiger charge is -2.26. The summed E-state index contributed by atoms with van der Waals surface area (Å²) in [5, 5.41) is 20.9. The number of aliphatic hydroxyl groups is 1. The Kier molecular flexibility index (Phi) is 4.60. The number of benzene rings is 2. The van der Waals surface area contributed by atoms with Crippen LogP contribution in [-0.2, 0) is 9.59 Å². The fourth-order valence-electron chi connectivity index (χ4n) is 3.59. The topological polar surface area (TPSA) is 90.7 Å². The summed E-state index contributed by atoms with van der Waals surface area (Å²) in [7, 11) is 0. The molecule has 0 saturated carbocycles. The number of anilines is 1. The number of phenolic OH excluding ortho intramolecular Hbond substituents is 1. The molecule has 1 aromatic heterocycles. The van der Waals surface area contributed by atoms with Crippen LogP contribution in [0.2, 0.25) is 0 Å². The van der Waals surface area contributed by atoms with Crippen molar-refractivity contribution >= 4 is 23.1 Å². The Morgan fingerprint density at radius 2 is 1.72 bits per heavy atom. The van der Waals surface area contributed by atoms with Crippen LogP contribution in [0.3, 0.4) is 0 Å². The third-order valence-corrected chi connectivity index (χ3v) is 4.96. The van der Waals surface area contributed by atoms with Gasteiger partial charge in [0.2, 0.25) is 0 Å². The number of aromatic nitrogens is 1. The molecule has 2 N–H and O–H groups in total. The van der Waals surface area contributed by atoms with E-state index in [4.69, 9.17) is 0 Å². The first-order chi connectivity index (χ1) is 14.0. The summed E-state index contributed by atoms with van der Waals surface area (Å²) in [6, 6.07) is 15.8. The summed E-state index contributed by atoms with van der Waals surface area (Å²) in [5.41, 5.74) is 2.24. The molecule has 0 bridgehead atoms. The molecule has 1 aliphatic heterocycles. The first kappa shape index (κ1) is 18.4. The zero-order chi connectivity index (χ0) is 20.5. The summed E-state index contributed by atoms with van der Waals surface area (Å²) >= 11 is 0. The van der Waals surface area contributed by atoms with E-state index >= 15 is 0 Å². The first-order valence-corrected chi connectivity index (χ1v) is 9.05. The van der Waals surface area contributed by atoms with Crippen LogP contribution in [0.15, 0.2) is 78.6 Å². The molecule has 1 saturated heterocycles. The van der Waals surface area contributed by atoms with Crippen molar-refractivity contribution in [2.45, 2.75) is 13.0 Å². The van der Waals surface area contributed by atoms with Gasteiger partial charge in [-0.2, -0.15) is 0 Å². The summed E-state index contributed by atoms with van der Waals surface area (Å²) in [6.07, 6.45) is 2.99. The number of aliphatic hydroxyl groups excluding tert-OH is 1. The fraction of sp³-hybridized carbons (Fsp3) is 0.0870. The summed E-state index contributed by atoms with van der Waals surface area (Å²) < 4.78 is 0. The average Bonchev–Trinajstić information content (AvgIpc) is 2.99. The molecule has 2 heterocycles. The van der Waals surface area contributed by atoms with Gasteiger partial charge in [0, 0.05) is 23.6 Å². The monoisotopic (exact) mass is 386 g/mol. The molecule has 1 atom stereocenters. The van der Waals surface area contributed by atoms with Crippen LogP contribution in [0, 0.1) is 6.92 Å². The van der Waals surface area contributed by atoms with E-state index < -0.39 is 17.7 Å². The number of nitrogens with zero attached hydrogens (tertiary/aromatic N) is 2. The lowest BCUT2D eigenvalue weighted by Crippen LogP contribution is -2.30. The highest BCUT2D eigenvalue weighted by Gasteiger charge is 2.47. The molecule has 0 aliphatic carbocycles. The van der Waals surface area contributed by atoms with Crippen molar-refractivity contribution in [3.8, 4) is 5.75 Å². The van der Waals surface area contributed by atoms with E-state index in [1.807, 2.05) is 19.1 Å². The number of Topliss-reactive ketones (excluding diaryl/α,β-unsaturated/α-hetero) is 1. The highest BCUT2D eigenvalue weighted by Crippen LogP contribution is 2.43. The van der Waals surface area contributed by atoms with Gasteiger partial charge in [0.25, 0.3) is 11.7 Å². The zero-order valence-electron chi connectivity index (χ0n) is 15.6. The fourth-order valence-corrected chi connectivity index (χ4v) is 3.59. The van der Waals surface area contributed by atoms with Gasteiger partial charge in [0.1, 0.15) is 11.5 Å². The predicted octanol–water partition coefficient (Wildman–Crippen LogP) is 3.72. The van der Waals surface area contributed by atoms with Crippen LogP contribution in [0.25, 0.3) is 5.76 Å². The Hall–Kier alpha value is -3.93. The Balaban J connectivity index is 1.99. The van der Waals surface area contributed by atoms with Crippen LogP contribution >= 0.6 is 0 Å². The number of hydrogen-bond donors (Lipinski definition) is 2. The molecule has 2 aromatic carbocycles. The normalized spacial score (nSPS) is 18.2. The lowest BCUT2D eigenvalue weighted by molar-refractivity contribution is -0.132. The van der Waals surface area contributed by atoms with Gasteiger partial charge in [-0.05, 0) is 48.4 Å². The van der Waals surface area contributed by atoms with E-state index in [9.17, 15) is 19.8 Å². The molecule has 29 heavy (non-hydrogen) atoms. The van der Waals surface area contributed by atoms with Gasteiger partial charge in [0.15, 0.2) is 0 Å². The molecule has 6 heteroatoms. The van der Waals surface area contributed by atoms with Gasteiger partial charge in [0.05, 0.1) is 11.6 Å². The molecular weight excluding hydrogens is 368 g/mol. The van der Waals surface area contributed by atoms with E-state index in [0.717, 1.165) is 5.56 Å². The minimum Gasteiger partial charge on any atom is -0.508 e. The van der Waals surface area contributed by atoms with Crippen molar-refractivity contribution in [2.75, 3.05) is 4.90 Å². The molecule has 6 nitrogen and oxygen atoms in total. The quantitative estimate of drug-likeness (QED) is 0.407. The molecule has 144 valence electrons. The van der Waals surface area contributed by atoms with Crippen molar-refractivity contribution in [2.24, 2.45) is 0 Å². The van der Waals surface area contributed by atoms with Gasteiger partial charge in [-0.25, -0.2) is 0 Å². The minimum atomic E-state index is -0.878. The second-order valence-electron chi connectivity index (χ2n) is 6.79. The van der Waals surface area contributed by atoms with Gasteiger partial charge >= 0.3 is 0 Å². The Bertz CT molecular complexity index is 1140. The third kappa shape index (κ3) is 3.14. The maximum absolute atomic E-state index is 13.0. The number of aryl methyl sites for hydroxylation is 1. The molecule has 1 aliphatic rings. The molecule has 4 rings (SSSR count). The molecule has 0 spiro atoms. The van der Waals surface area contributed by atoms with E-state index in [1.54, 1.807) is 36.4 Å². The van der Waals surface area contributed by atoms with E-state index in [2.05, 4.69) is 4.98 Å². The number of carbonyl (C=O) groups is 2. The number of amides is 1. The maximum atomic E-state index is 13.0. The number of ketones is 1. The minimum absolute atomic E-state index is 0.00165. The van der Waals surface area contributed by atoms with Gasteiger partial charge in [-0.1, -0.05) is 30.3 Å². The lowest BCUT2D eigenvalue weighted by atomic mass is 9.95. The largest absolute Gasteiger partial charge is 0.508 e. The van der Waals surface area contributed by atoms with Crippen molar-refractivity contribution in [1.29, 1.82) is 0 Å². The van der Waals surface area contributed by atoms with Crippen LogP contribution in [0.5, 0.6) is 5.75 Å². The molecule has 1 unspecified atom stereocenters. The van der Waals surface area contributed by atoms with E-state index in [1.165, 1.54) is 29.4 Å². The Morgan fingerprint density at radius 1 is 1.00 bits per heavy atom. The SMILES string of the molecule is Cc1ccccc1N1C(=O)C(=O)/C(=C(\O)c2ccncc2)C1c1cccc(O)c1. The number of rotatable bonds is 3. The molecule has 1 amide bonds. The van der Waals surface area contributed by atoms with Crippen LogP contribution in [-0.4, -0.2) is 26.9 Å². The number of aromatic hydroxyl groups is 1. The number of pyridine rings is 1. The van der Waals surface area contributed by atoms with Gasteiger partial charge in [-0.15, -0.1) is 0 Å². The van der Waals surface area contributed by atoms with Crippen molar-refractivity contribution in [3.63, 3.8) is 0 Å². The van der Waals surface area contributed by atoms with Crippen molar-refractivity contribution in [1.82, 2.24) is 4.98 Å². The predicted molar refractivity (Wildman–Crippen MR) is 108 cm³/mol. The average molecular weight is 386 g/mol. The van der Waals surface area contributed by atoms with Crippen LogP contribution < -0.4 is 4.90 Å². The van der Waals surface area contributed by atoms with Crippen molar-refractivity contribution < 1.29 is 19.8 Å². The number of hydrogen-bond acceptors (Lipinski definition) is 5. The molecule has 0 radical (unpaired) electrons. The number of phenols is 1. The second-order valence-corrected chi connectivity index (χ2v) is 6.79.